The highest BCUT2D eigenvalue weighted by molar-refractivity contribution is 6.31. The van der Waals surface area contributed by atoms with Crippen molar-refractivity contribution in [2.75, 3.05) is 23.9 Å². The summed E-state index contributed by atoms with van der Waals surface area (Å²) in [6.45, 7) is 1.87. The van der Waals surface area contributed by atoms with Crippen LogP contribution in [0.15, 0.2) is 30.3 Å². The monoisotopic (exact) mass is 394 g/mol. The predicted octanol–water partition coefficient (Wildman–Crippen LogP) is 3.93. The maximum absolute atomic E-state index is 13.4. The first-order valence-corrected chi connectivity index (χ1v) is 8.58. The van der Waals surface area contributed by atoms with Gasteiger partial charge >= 0.3 is 0 Å². The summed E-state index contributed by atoms with van der Waals surface area (Å²) in [5.74, 6) is -2.97. The number of amides is 2. The Morgan fingerprint density at radius 1 is 1.26 bits per heavy atom. The highest BCUT2D eigenvalue weighted by atomic mass is 35.5. The molecule has 27 heavy (non-hydrogen) atoms. The molecule has 0 bridgehead atoms. The average molecular weight is 395 g/mol. The van der Waals surface area contributed by atoms with Gasteiger partial charge in [0.25, 0.3) is 0 Å². The van der Waals surface area contributed by atoms with Crippen molar-refractivity contribution in [3.05, 3.63) is 52.6 Å². The van der Waals surface area contributed by atoms with E-state index in [1.54, 1.807) is 19.1 Å². The molecule has 0 aromatic heterocycles. The number of anilines is 2. The Bertz CT molecular complexity index is 920. The normalized spacial score (nSPS) is 16.6. The Balaban J connectivity index is 1.76. The highest BCUT2D eigenvalue weighted by Crippen LogP contribution is 2.32. The van der Waals surface area contributed by atoms with Crippen LogP contribution in [0.25, 0.3) is 0 Å². The molecule has 1 aliphatic rings. The van der Waals surface area contributed by atoms with Gasteiger partial charge in [0, 0.05) is 35.8 Å². The van der Waals surface area contributed by atoms with Crippen molar-refractivity contribution in [1.82, 2.24) is 0 Å². The van der Waals surface area contributed by atoms with Crippen LogP contribution in [0.1, 0.15) is 12.0 Å². The summed E-state index contributed by atoms with van der Waals surface area (Å²) in [6.07, 6.45) is -0.0281. The van der Waals surface area contributed by atoms with Gasteiger partial charge in [0.2, 0.25) is 11.8 Å². The van der Waals surface area contributed by atoms with Crippen LogP contribution in [0.2, 0.25) is 5.02 Å². The molecule has 1 heterocycles. The third kappa shape index (κ3) is 3.88. The van der Waals surface area contributed by atoms with E-state index in [-0.39, 0.29) is 30.5 Å². The van der Waals surface area contributed by atoms with Crippen molar-refractivity contribution in [2.45, 2.75) is 13.3 Å². The molecule has 0 saturated carbocycles. The molecule has 1 unspecified atom stereocenters. The van der Waals surface area contributed by atoms with Gasteiger partial charge in [-0.15, -0.1) is 0 Å². The molecule has 8 heteroatoms. The minimum Gasteiger partial charge on any atom is -0.495 e. The molecule has 1 saturated heterocycles. The SMILES string of the molecule is COc1cc(Cl)c(C)cc1NC(=O)C1CC(=O)N(c2ccc(F)c(F)c2)C1. The first kappa shape index (κ1) is 19.1. The zero-order valence-electron chi connectivity index (χ0n) is 14.7. The van der Waals surface area contributed by atoms with Gasteiger partial charge in [0.15, 0.2) is 11.6 Å². The van der Waals surface area contributed by atoms with Crippen LogP contribution >= 0.6 is 11.6 Å². The van der Waals surface area contributed by atoms with Crippen molar-refractivity contribution < 1.29 is 23.1 Å². The number of methoxy groups -OCH3 is 1. The van der Waals surface area contributed by atoms with Crippen molar-refractivity contribution in [1.29, 1.82) is 0 Å². The molecule has 142 valence electrons. The maximum Gasteiger partial charge on any atom is 0.229 e. The van der Waals surface area contributed by atoms with E-state index in [1.807, 2.05) is 0 Å². The lowest BCUT2D eigenvalue weighted by Gasteiger charge is -2.17. The van der Waals surface area contributed by atoms with E-state index >= 15 is 0 Å². The number of hydrogen-bond donors (Lipinski definition) is 1. The van der Waals surface area contributed by atoms with Crippen LogP contribution in [-0.2, 0) is 9.59 Å². The van der Waals surface area contributed by atoms with E-state index in [2.05, 4.69) is 5.32 Å². The molecule has 2 aromatic carbocycles. The molecule has 1 atom stereocenters. The second-order valence-corrected chi connectivity index (χ2v) is 6.70. The van der Waals surface area contributed by atoms with Crippen LogP contribution in [0.5, 0.6) is 5.75 Å². The number of nitrogens with zero attached hydrogens (tertiary/aromatic N) is 1. The molecular weight excluding hydrogens is 378 g/mol. The lowest BCUT2D eigenvalue weighted by molar-refractivity contribution is -0.122. The fraction of sp³-hybridized carbons (Fsp3) is 0.263. The van der Waals surface area contributed by atoms with Gasteiger partial charge in [-0.1, -0.05) is 11.6 Å². The van der Waals surface area contributed by atoms with Crippen LogP contribution in [0.3, 0.4) is 0 Å². The first-order valence-electron chi connectivity index (χ1n) is 8.20. The lowest BCUT2D eigenvalue weighted by atomic mass is 10.1. The van der Waals surface area contributed by atoms with Gasteiger partial charge in [-0.25, -0.2) is 8.78 Å². The zero-order chi connectivity index (χ0) is 19.7. The summed E-state index contributed by atoms with van der Waals surface area (Å²) in [4.78, 5) is 26.1. The van der Waals surface area contributed by atoms with Gasteiger partial charge in [0.1, 0.15) is 5.75 Å². The molecular formula is C19H17ClF2N2O3. The number of halogens is 3. The van der Waals surface area contributed by atoms with Crippen molar-refractivity contribution in [3.8, 4) is 5.75 Å². The number of nitrogens with one attached hydrogen (secondary N) is 1. The number of benzene rings is 2. The third-order valence-electron chi connectivity index (χ3n) is 4.45. The van der Waals surface area contributed by atoms with Gasteiger partial charge in [-0.3, -0.25) is 9.59 Å². The topological polar surface area (TPSA) is 58.6 Å². The van der Waals surface area contributed by atoms with Crippen LogP contribution in [-0.4, -0.2) is 25.5 Å². The number of carbonyl (C=O) groups excluding carboxylic acids is 2. The fourth-order valence-corrected chi connectivity index (χ4v) is 3.10. The van der Waals surface area contributed by atoms with E-state index in [9.17, 15) is 18.4 Å². The summed E-state index contributed by atoms with van der Waals surface area (Å²) in [6, 6.07) is 6.48. The van der Waals surface area contributed by atoms with E-state index in [0.29, 0.717) is 16.5 Å². The smallest absolute Gasteiger partial charge is 0.229 e. The summed E-state index contributed by atoms with van der Waals surface area (Å²) in [5.41, 5.74) is 1.43. The lowest BCUT2D eigenvalue weighted by Crippen LogP contribution is -2.28. The van der Waals surface area contributed by atoms with Gasteiger partial charge in [-0.05, 0) is 30.7 Å². The Labute approximate surface area is 159 Å². The maximum atomic E-state index is 13.4. The fourth-order valence-electron chi connectivity index (χ4n) is 2.95. The summed E-state index contributed by atoms with van der Waals surface area (Å²) >= 11 is 6.06. The standard InChI is InChI=1S/C19H17ClF2N2O3/c1-10-5-16(17(27-2)8-13(10)20)23-19(26)11-6-18(25)24(9-11)12-3-4-14(21)15(22)7-12/h3-5,7-8,11H,6,9H2,1-2H3,(H,23,26). The second kappa shape index (κ2) is 7.52. The number of hydrogen-bond acceptors (Lipinski definition) is 3. The van der Waals surface area contributed by atoms with Crippen LogP contribution in [0.4, 0.5) is 20.2 Å². The third-order valence-corrected chi connectivity index (χ3v) is 4.86. The van der Waals surface area contributed by atoms with Crippen LogP contribution < -0.4 is 15.0 Å². The van der Waals surface area contributed by atoms with Gasteiger partial charge < -0.3 is 15.0 Å². The molecule has 1 fully saturated rings. The summed E-state index contributed by atoms with van der Waals surface area (Å²) < 4.78 is 31.8. The Kier molecular flexibility index (Phi) is 5.32. The van der Waals surface area contributed by atoms with E-state index in [0.717, 1.165) is 17.7 Å². The number of rotatable bonds is 4. The molecule has 0 radical (unpaired) electrons. The minimum atomic E-state index is -1.05. The van der Waals surface area contributed by atoms with E-state index in [1.165, 1.54) is 18.1 Å². The molecule has 0 aliphatic carbocycles. The zero-order valence-corrected chi connectivity index (χ0v) is 15.4. The summed E-state index contributed by atoms with van der Waals surface area (Å²) in [7, 11) is 1.46. The average Bonchev–Trinajstić information content (AvgIpc) is 3.02. The molecule has 3 rings (SSSR count). The number of aryl methyl sites for hydroxylation is 1. The summed E-state index contributed by atoms with van der Waals surface area (Å²) in [5, 5.41) is 3.25. The van der Waals surface area contributed by atoms with E-state index in [4.69, 9.17) is 16.3 Å². The first-order chi connectivity index (χ1) is 12.8. The Hall–Kier alpha value is -2.67. The molecule has 2 amide bonds. The van der Waals surface area contributed by atoms with Crippen molar-refractivity contribution in [3.63, 3.8) is 0 Å². The molecule has 1 N–H and O–H groups in total. The highest BCUT2D eigenvalue weighted by Gasteiger charge is 2.35. The molecule has 0 spiro atoms. The molecule has 5 nitrogen and oxygen atoms in total. The largest absolute Gasteiger partial charge is 0.495 e. The molecule has 2 aromatic rings. The Morgan fingerprint density at radius 2 is 2.00 bits per heavy atom. The molecule has 1 aliphatic heterocycles. The van der Waals surface area contributed by atoms with Crippen molar-refractivity contribution in [2.24, 2.45) is 5.92 Å². The van der Waals surface area contributed by atoms with E-state index < -0.39 is 17.6 Å². The Morgan fingerprint density at radius 3 is 2.67 bits per heavy atom. The van der Waals surface area contributed by atoms with Gasteiger partial charge in [-0.2, -0.15) is 0 Å². The quantitative estimate of drug-likeness (QED) is 0.854. The minimum absolute atomic E-state index is 0.0281. The second-order valence-electron chi connectivity index (χ2n) is 6.29. The van der Waals surface area contributed by atoms with Gasteiger partial charge in [0.05, 0.1) is 18.7 Å². The van der Waals surface area contributed by atoms with Crippen LogP contribution in [0, 0.1) is 24.5 Å². The number of carbonyl (C=O) groups is 2. The van der Waals surface area contributed by atoms with Crippen molar-refractivity contribution >= 4 is 34.8 Å². The predicted molar refractivity (Wildman–Crippen MR) is 98.2 cm³/mol. The number of ether oxygens (including phenoxy) is 1.